The van der Waals surface area contributed by atoms with E-state index in [1.165, 1.54) is 103 Å². The fourth-order valence-electron chi connectivity index (χ4n) is 4.36. The Morgan fingerprint density at radius 2 is 0.906 bits per heavy atom. The highest BCUT2D eigenvalue weighted by atomic mass is 31.2. The van der Waals surface area contributed by atoms with Crippen LogP contribution in [0.3, 0.4) is 0 Å². The number of rotatable bonds is 23. The zero-order valence-electron chi connectivity index (χ0n) is 23.0. The maximum Gasteiger partial charge on any atom is 0.385 e. The topological polar surface area (TPSA) is 35.5 Å². The van der Waals surface area contributed by atoms with Crippen LogP contribution in [0.15, 0.2) is 0 Å². The van der Waals surface area contributed by atoms with Crippen LogP contribution in [0.2, 0.25) is 0 Å². The average Bonchev–Trinajstić information content (AvgIpc) is 2.65. The molecule has 0 spiro atoms. The molecule has 0 saturated carbocycles. The quantitative estimate of drug-likeness (QED) is 0.0837. The number of hydrogen-bond donors (Lipinski definition) is 0. The van der Waals surface area contributed by atoms with E-state index in [0.29, 0.717) is 10.8 Å². The van der Waals surface area contributed by atoms with Crippen molar-refractivity contribution in [2.24, 2.45) is 0 Å². The Hall–Kier alpha value is 0.110. The molecule has 4 nitrogen and oxygen atoms in total. The third-order valence-electron chi connectivity index (χ3n) is 5.92. The summed E-state index contributed by atoms with van der Waals surface area (Å²) in [7, 11) is 1.22. The maximum absolute atomic E-state index is 13.2. The first kappa shape index (κ1) is 32.1. The van der Waals surface area contributed by atoms with Crippen molar-refractivity contribution in [1.82, 2.24) is 0 Å². The Kier molecular flexibility index (Phi) is 19.5. The van der Waals surface area contributed by atoms with Crippen molar-refractivity contribution >= 4 is 7.60 Å². The SMILES string of the molecule is CCCCCCCCCCCCCCCCCC[N+](C)(C)CP(=O)(OC(C)C)OC(C)C. The molecule has 0 aliphatic heterocycles. The van der Waals surface area contributed by atoms with Gasteiger partial charge in [-0.3, -0.25) is 4.57 Å². The first-order valence-corrected chi connectivity index (χ1v) is 15.6. The summed E-state index contributed by atoms with van der Waals surface area (Å²) in [6.45, 7) is 11.0. The van der Waals surface area contributed by atoms with E-state index in [0.717, 1.165) is 6.54 Å². The van der Waals surface area contributed by atoms with Crippen LogP contribution in [-0.2, 0) is 13.6 Å². The molecule has 0 amide bonds. The zero-order chi connectivity index (χ0) is 24.3. The Balaban J connectivity index is 3.72. The lowest BCUT2D eigenvalue weighted by Crippen LogP contribution is -2.42. The van der Waals surface area contributed by atoms with Gasteiger partial charge in [0.2, 0.25) is 0 Å². The highest BCUT2D eigenvalue weighted by molar-refractivity contribution is 7.53. The summed E-state index contributed by atoms with van der Waals surface area (Å²) < 4.78 is 25.3. The molecule has 0 radical (unpaired) electrons. The molecule has 0 aliphatic rings. The van der Waals surface area contributed by atoms with Crippen LogP contribution < -0.4 is 0 Å². The summed E-state index contributed by atoms with van der Waals surface area (Å²) in [5.74, 6) is 0. The molecule has 0 rings (SSSR count). The molecule has 0 bridgehead atoms. The van der Waals surface area contributed by atoms with Crippen LogP contribution in [0, 0.1) is 0 Å². The molecular weight excluding hydrogens is 417 g/mol. The molecule has 0 aromatic rings. The smallest absolute Gasteiger partial charge is 0.318 e. The highest BCUT2D eigenvalue weighted by Crippen LogP contribution is 2.51. The van der Waals surface area contributed by atoms with Crippen LogP contribution in [0.5, 0.6) is 0 Å². The number of unbranched alkanes of at least 4 members (excludes halogenated alkanes) is 15. The third-order valence-corrected chi connectivity index (χ3v) is 8.51. The monoisotopic (exact) mass is 476 g/mol. The zero-order valence-corrected chi connectivity index (χ0v) is 23.9. The van der Waals surface area contributed by atoms with E-state index in [4.69, 9.17) is 9.05 Å². The molecule has 0 heterocycles. The van der Waals surface area contributed by atoms with Gasteiger partial charge in [0, 0.05) is 0 Å². The van der Waals surface area contributed by atoms with Gasteiger partial charge in [-0.2, -0.15) is 0 Å². The standard InChI is InChI=1S/C27H59NO3P/c1-8-9-10-11-12-13-14-15-16-17-18-19-20-21-22-23-24-28(6,7)25-32(29,30-26(2)3)31-27(4)5/h26-27H,8-25H2,1-7H3/q+1. The van der Waals surface area contributed by atoms with Gasteiger partial charge < -0.3 is 13.5 Å². The molecule has 0 aromatic heterocycles. The van der Waals surface area contributed by atoms with Gasteiger partial charge >= 0.3 is 7.60 Å². The van der Waals surface area contributed by atoms with Crippen molar-refractivity contribution in [3.05, 3.63) is 0 Å². The van der Waals surface area contributed by atoms with E-state index in [9.17, 15) is 4.57 Å². The number of nitrogens with zero attached hydrogens (tertiary/aromatic N) is 1. The van der Waals surface area contributed by atoms with Gasteiger partial charge in [0.1, 0.15) is 0 Å². The van der Waals surface area contributed by atoms with Gasteiger partial charge in [-0.15, -0.1) is 0 Å². The summed E-state index contributed by atoms with van der Waals surface area (Å²) in [5, 5.41) is 0. The molecule has 0 fully saturated rings. The fourth-order valence-corrected chi connectivity index (χ4v) is 6.91. The summed E-state index contributed by atoms with van der Waals surface area (Å²) in [4.78, 5) is 0. The minimum Gasteiger partial charge on any atom is -0.318 e. The van der Waals surface area contributed by atoms with E-state index < -0.39 is 7.60 Å². The molecule has 5 heteroatoms. The van der Waals surface area contributed by atoms with Crippen LogP contribution in [0.1, 0.15) is 137 Å². The van der Waals surface area contributed by atoms with Crippen molar-refractivity contribution in [3.63, 3.8) is 0 Å². The largest absolute Gasteiger partial charge is 0.385 e. The van der Waals surface area contributed by atoms with Crippen molar-refractivity contribution in [3.8, 4) is 0 Å². The molecule has 0 atom stereocenters. The van der Waals surface area contributed by atoms with Crippen molar-refractivity contribution in [2.45, 2.75) is 150 Å². The van der Waals surface area contributed by atoms with E-state index in [1.807, 2.05) is 27.7 Å². The van der Waals surface area contributed by atoms with E-state index in [2.05, 4.69) is 21.0 Å². The molecule has 0 unspecified atom stereocenters. The molecule has 0 saturated heterocycles. The summed E-state index contributed by atoms with van der Waals surface area (Å²) >= 11 is 0. The summed E-state index contributed by atoms with van der Waals surface area (Å²) in [6.07, 6.45) is 22.4. The Labute approximate surface area is 202 Å². The number of quaternary nitrogens is 1. The fraction of sp³-hybridized carbons (Fsp3) is 1.00. The molecule has 0 aliphatic carbocycles. The molecule has 32 heavy (non-hydrogen) atoms. The second kappa shape index (κ2) is 19.4. The third kappa shape index (κ3) is 20.7. The normalized spacial score (nSPS) is 12.9. The van der Waals surface area contributed by atoms with Gasteiger partial charge in [-0.1, -0.05) is 96.8 Å². The molecule has 0 aromatic carbocycles. The van der Waals surface area contributed by atoms with Gasteiger partial charge in [0.15, 0.2) is 6.29 Å². The van der Waals surface area contributed by atoms with E-state index in [-0.39, 0.29) is 12.2 Å². The van der Waals surface area contributed by atoms with Gasteiger partial charge in [-0.05, 0) is 40.5 Å². The van der Waals surface area contributed by atoms with Crippen LogP contribution >= 0.6 is 7.60 Å². The highest BCUT2D eigenvalue weighted by Gasteiger charge is 2.36. The molecule has 0 N–H and O–H groups in total. The van der Waals surface area contributed by atoms with Crippen molar-refractivity contribution in [1.29, 1.82) is 0 Å². The minimum absolute atomic E-state index is 0.0878. The Bertz CT molecular complexity index is 452. The second-order valence-corrected chi connectivity index (χ2v) is 12.9. The summed E-state index contributed by atoms with van der Waals surface area (Å²) in [5.41, 5.74) is 0. The molecule has 194 valence electrons. The van der Waals surface area contributed by atoms with E-state index in [1.54, 1.807) is 0 Å². The van der Waals surface area contributed by atoms with E-state index >= 15 is 0 Å². The second-order valence-electron chi connectivity index (χ2n) is 11.0. The molecular formula is C27H59NO3P+. The maximum atomic E-state index is 13.2. The van der Waals surface area contributed by atoms with Crippen molar-refractivity contribution in [2.75, 3.05) is 26.9 Å². The Morgan fingerprint density at radius 3 is 1.22 bits per heavy atom. The predicted octanol–water partition coefficient (Wildman–Crippen LogP) is 9.32. The Morgan fingerprint density at radius 1 is 0.594 bits per heavy atom. The first-order valence-electron chi connectivity index (χ1n) is 13.9. The summed E-state index contributed by atoms with van der Waals surface area (Å²) in [6, 6.07) is 0. The predicted molar refractivity (Wildman–Crippen MR) is 141 cm³/mol. The van der Waals surface area contributed by atoms with Crippen molar-refractivity contribution < 1.29 is 18.1 Å². The lowest BCUT2D eigenvalue weighted by Gasteiger charge is -2.34. The first-order chi connectivity index (χ1) is 15.1. The van der Waals surface area contributed by atoms with Gasteiger partial charge in [-0.25, -0.2) is 0 Å². The van der Waals surface area contributed by atoms with Gasteiger partial charge in [0.25, 0.3) is 0 Å². The lowest BCUT2D eigenvalue weighted by atomic mass is 10.0. The van der Waals surface area contributed by atoms with Crippen LogP contribution in [0.25, 0.3) is 0 Å². The lowest BCUT2D eigenvalue weighted by molar-refractivity contribution is -0.880. The number of hydrogen-bond acceptors (Lipinski definition) is 3. The average molecular weight is 477 g/mol. The van der Waals surface area contributed by atoms with Crippen LogP contribution in [0.4, 0.5) is 0 Å². The van der Waals surface area contributed by atoms with Gasteiger partial charge in [0.05, 0.1) is 32.8 Å². The van der Waals surface area contributed by atoms with Crippen LogP contribution in [-0.4, -0.2) is 43.6 Å². The minimum atomic E-state index is -3.07.